The maximum atomic E-state index is 10.3. The Morgan fingerprint density at radius 1 is 1.33 bits per heavy atom. The molecule has 1 aromatic rings. The molecule has 5 nitrogen and oxygen atoms in total. The van der Waals surface area contributed by atoms with Crippen molar-refractivity contribution in [3.05, 3.63) is 23.8 Å². The van der Waals surface area contributed by atoms with Crippen LogP contribution in [0.2, 0.25) is 0 Å². The summed E-state index contributed by atoms with van der Waals surface area (Å²) < 4.78 is 14.7. The second-order valence-corrected chi connectivity index (χ2v) is 3.39. The summed E-state index contributed by atoms with van der Waals surface area (Å²) in [6.07, 6.45) is 1.26. The minimum absolute atomic E-state index is 0.123. The molecule has 0 bridgehead atoms. The highest BCUT2D eigenvalue weighted by atomic mass is 16.7. The Bertz CT molecular complexity index is 414. The number of carbonyl (C=O) groups is 2. The molecule has 0 saturated carbocycles. The molecule has 1 heterocycles. The van der Waals surface area contributed by atoms with Crippen LogP contribution in [0.15, 0.2) is 18.2 Å². The van der Waals surface area contributed by atoms with Gasteiger partial charge in [0.2, 0.25) is 6.79 Å². The Balaban J connectivity index is 0.000000203. The van der Waals surface area contributed by atoms with E-state index in [0.717, 1.165) is 6.29 Å². The molecule has 0 spiro atoms. The van der Waals surface area contributed by atoms with Gasteiger partial charge in [0.25, 0.3) is 0 Å². The van der Waals surface area contributed by atoms with E-state index in [1.807, 2.05) is 0 Å². The van der Waals surface area contributed by atoms with E-state index in [-0.39, 0.29) is 12.8 Å². The lowest BCUT2D eigenvalue weighted by molar-refractivity contribution is -0.142. The fraction of sp³-hybridized carbons (Fsp3) is 0.385. The van der Waals surface area contributed by atoms with E-state index in [1.54, 1.807) is 32.0 Å². The van der Waals surface area contributed by atoms with Gasteiger partial charge in [-0.25, -0.2) is 0 Å². The minimum atomic E-state index is -0.123. The van der Waals surface area contributed by atoms with Gasteiger partial charge in [-0.2, -0.15) is 0 Å². The van der Waals surface area contributed by atoms with E-state index in [1.165, 1.54) is 0 Å². The molecule has 0 saturated heterocycles. The SMILES string of the molecule is CCOC(=O)CC.O=Cc1ccc2c(c1)OCO2. The normalized spacial score (nSPS) is 11.2. The third-order valence-electron chi connectivity index (χ3n) is 2.13. The monoisotopic (exact) mass is 252 g/mol. The van der Waals surface area contributed by atoms with Crippen LogP contribution in [0.5, 0.6) is 11.5 Å². The lowest BCUT2D eigenvalue weighted by Crippen LogP contribution is -2.00. The number of esters is 1. The number of aldehydes is 1. The largest absolute Gasteiger partial charge is 0.466 e. The summed E-state index contributed by atoms with van der Waals surface area (Å²) in [5.41, 5.74) is 0.606. The molecule has 0 unspecified atom stereocenters. The summed E-state index contributed by atoms with van der Waals surface area (Å²) in [6, 6.07) is 5.09. The molecule has 0 aromatic heterocycles. The van der Waals surface area contributed by atoms with E-state index in [9.17, 15) is 9.59 Å². The van der Waals surface area contributed by atoms with E-state index >= 15 is 0 Å². The van der Waals surface area contributed by atoms with Gasteiger partial charge in [0.1, 0.15) is 6.29 Å². The van der Waals surface area contributed by atoms with Crippen LogP contribution in [0.25, 0.3) is 0 Å². The van der Waals surface area contributed by atoms with Gasteiger partial charge >= 0.3 is 5.97 Å². The van der Waals surface area contributed by atoms with Gasteiger partial charge in [-0.05, 0) is 25.1 Å². The van der Waals surface area contributed by atoms with Crippen molar-refractivity contribution in [1.82, 2.24) is 0 Å². The highest BCUT2D eigenvalue weighted by Crippen LogP contribution is 2.31. The second kappa shape index (κ2) is 7.32. The Hall–Kier alpha value is -2.04. The molecule has 0 amide bonds. The van der Waals surface area contributed by atoms with E-state index in [2.05, 4.69) is 4.74 Å². The van der Waals surface area contributed by atoms with Crippen molar-refractivity contribution in [2.24, 2.45) is 0 Å². The van der Waals surface area contributed by atoms with Crippen molar-refractivity contribution in [3.8, 4) is 11.5 Å². The molecule has 0 N–H and O–H groups in total. The molecule has 0 atom stereocenters. The zero-order valence-corrected chi connectivity index (χ0v) is 10.5. The fourth-order valence-electron chi connectivity index (χ4n) is 1.25. The van der Waals surface area contributed by atoms with Crippen molar-refractivity contribution in [1.29, 1.82) is 0 Å². The third kappa shape index (κ3) is 4.08. The first-order valence-corrected chi connectivity index (χ1v) is 5.71. The summed E-state index contributed by atoms with van der Waals surface area (Å²) in [7, 11) is 0. The molecule has 18 heavy (non-hydrogen) atoms. The highest BCUT2D eigenvalue weighted by molar-refractivity contribution is 5.76. The van der Waals surface area contributed by atoms with Gasteiger partial charge in [-0.1, -0.05) is 6.92 Å². The first-order chi connectivity index (χ1) is 8.71. The molecule has 5 heteroatoms. The Morgan fingerprint density at radius 3 is 2.61 bits per heavy atom. The second-order valence-electron chi connectivity index (χ2n) is 3.39. The number of hydrogen-bond donors (Lipinski definition) is 0. The summed E-state index contributed by atoms with van der Waals surface area (Å²) in [5.74, 6) is 1.23. The van der Waals surface area contributed by atoms with E-state index in [4.69, 9.17) is 9.47 Å². The van der Waals surface area contributed by atoms with Gasteiger partial charge in [-0.3, -0.25) is 9.59 Å². The Morgan fingerprint density at radius 2 is 2.06 bits per heavy atom. The van der Waals surface area contributed by atoms with Gasteiger partial charge < -0.3 is 14.2 Å². The maximum absolute atomic E-state index is 10.3. The topological polar surface area (TPSA) is 61.8 Å². The molecule has 98 valence electrons. The highest BCUT2D eigenvalue weighted by Gasteiger charge is 2.12. The molecule has 1 aliphatic rings. The summed E-state index contributed by atoms with van der Waals surface area (Å²) in [6.45, 7) is 4.32. The number of rotatable bonds is 3. The predicted molar refractivity (Wildman–Crippen MR) is 64.9 cm³/mol. The molecule has 0 radical (unpaired) electrons. The quantitative estimate of drug-likeness (QED) is 0.609. The van der Waals surface area contributed by atoms with Crippen LogP contribution in [0.3, 0.4) is 0 Å². The van der Waals surface area contributed by atoms with Gasteiger partial charge in [0, 0.05) is 12.0 Å². The number of hydrogen-bond acceptors (Lipinski definition) is 5. The maximum Gasteiger partial charge on any atom is 0.305 e. The molecular weight excluding hydrogens is 236 g/mol. The van der Waals surface area contributed by atoms with Crippen molar-refractivity contribution in [2.45, 2.75) is 20.3 Å². The van der Waals surface area contributed by atoms with Crippen LogP contribution in [-0.2, 0) is 9.53 Å². The molecule has 2 rings (SSSR count). The zero-order valence-electron chi connectivity index (χ0n) is 10.5. The van der Waals surface area contributed by atoms with Crippen molar-refractivity contribution >= 4 is 12.3 Å². The zero-order chi connectivity index (χ0) is 13.4. The van der Waals surface area contributed by atoms with Crippen LogP contribution < -0.4 is 9.47 Å². The summed E-state index contributed by atoms with van der Waals surface area (Å²) in [5, 5.41) is 0. The van der Waals surface area contributed by atoms with Gasteiger partial charge in [0.15, 0.2) is 11.5 Å². The molecule has 1 aliphatic heterocycles. The minimum Gasteiger partial charge on any atom is -0.466 e. The summed E-state index contributed by atoms with van der Waals surface area (Å²) >= 11 is 0. The number of fused-ring (bicyclic) bond motifs is 1. The standard InChI is InChI=1S/C8H6O3.C5H10O2/c9-4-6-1-2-7-8(3-6)11-5-10-7;1-3-5(6)7-4-2/h1-4H,5H2;3-4H2,1-2H3. The first kappa shape index (κ1) is 14.0. The van der Waals surface area contributed by atoms with Gasteiger partial charge in [0.05, 0.1) is 6.61 Å². The average molecular weight is 252 g/mol. The molecular formula is C13H16O5. The van der Waals surface area contributed by atoms with Crippen LogP contribution in [0.4, 0.5) is 0 Å². The first-order valence-electron chi connectivity index (χ1n) is 5.71. The lowest BCUT2D eigenvalue weighted by Gasteiger charge is -1.94. The molecule has 0 fully saturated rings. The molecule has 0 aliphatic carbocycles. The van der Waals surface area contributed by atoms with Crippen LogP contribution in [-0.4, -0.2) is 25.7 Å². The van der Waals surface area contributed by atoms with Gasteiger partial charge in [-0.15, -0.1) is 0 Å². The number of ether oxygens (including phenoxy) is 3. The summed E-state index contributed by atoms with van der Waals surface area (Å²) in [4.78, 5) is 20.5. The van der Waals surface area contributed by atoms with E-state index < -0.39 is 0 Å². The number of carbonyl (C=O) groups excluding carboxylic acids is 2. The third-order valence-corrected chi connectivity index (χ3v) is 2.13. The predicted octanol–water partition coefficient (Wildman–Crippen LogP) is 2.19. The fourth-order valence-corrected chi connectivity index (χ4v) is 1.25. The van der Waals surface area contributed by atoms with Crippen molar-refractivity contribution < 1.29 is 23.8 Å². The Labute approximate surface area is 106 Å². The number of benzene rings is 1. The van der Waals surface area contributed by atoms with Crippen molar-refractivity contribution in [3.63, 3.8) is 0 Å². The van der Waals surface area contributed by atoms with Crippen LogP contribution in [0, 0.1) is 0 Å². The molecule has 1 aromatic carbocycles. The Kier molecular flexibility index (Phi) is 5.70. The lowest BCUT2D eigenvalue weighted by atomic mass is 10.2. The smallest absolute Gasteiger partial charge is 0.305 e. The average Bonchev–Trinajstić information content (AvgIpc) is 2.86. The van der Waals surface area contributed by atoms with Crippen LogP contribution in [0.1, 0.15) is 30.6 Å². The van der Waals surface area contributed by atoms with Crippen LogP contribution >= 0.6 is 0 Å². The van der Waals surface area contributed by atoms with Crippen molar-refractivity contribution in [2.75, 3.05) is 13.4 Å². The van der Waals surface area contributed by atoms with E-state index in [0.29, 0.717) is 30.1 Å².